The summed E-state index contributed by atoms with van der Waals surface area (Å²) in [6, 6.07) is 4.77. The van der Waals surface area contributed by atoms with Crippen LogP contribution in [0.15, 0.2) is 18.2 Å². The van der Waals surface area contributed by atoms with Crippen molar-refractivity contribution in [2.75, 3.05) is 0 Å². The van der Waals surface area contributed by atoms with Crippen molar-refractivity contribution < 1.29 is 9.18 Å². The number of carbonyl (C=O) groups excluding carboxylic acids is 1. The summed E-state index contributed by atoms with van der Waals surface area (Å²) in [5, 5.41) is 0. The molecule has 0 amide bonds. The largest absolute Gasteiger partial charge is 0.294 e. The number of halogens is 1. The third kappa shape index (κ3) is 2.31. The molecule has 0 N–H and O–H groups in total. The first-order valence-electron chi connectivity index (χ1n) is 5.99. The van der Waals surface area contributed by atoms with Gasteiger partial charge in [-0.15, -0.1) is 0 Å². The zero-order chi connectivity index (χ0) is 11.5. The molecule has 1 aromatic carbocycles. The average Bonchev–Trinajstić information content (AvgIpc) is 2.32. The van der Waals surface area contributed by atoms with E-state index in [1.165, 1.54) is 12.5 Å². The number of hydrogen-bond donors (Lipinski definition) is 0. The van der Waals surface area contributed by atoms with Crippen molar-refractivity contribution >= 4 is 5.78 Å². The molecular formula is C14H17FO. The van der Waals surface area contributed by atoms with Crippen LogP contribution in [0.4, 0.5) is 4.39 Å². The van der Waals surface area contributed by atoms with Crippen molar-refractivity contribution in [3.8, 4) is 0 Å². The van der Waals surface area contributed by atoms with Gasteiger partial charge in [0, 0.05) is 5.92 Å². The smallest absolute Gasteiger partial charge is 0.168 e. The molecule has 1 aliphatic carbocycles. The van der Waals surface area contributed by atoms with Gasteiger partial charge in [0.1, 0.15) is 5.82 Å². The average molecular weight is 220 g/mol. The van der Waals surface area contributed by atoms with Gasteiger partial charge in [0.2, 0.25) is 0 Å². The standard InChI is InChI=1S/C14H17FO/c1-10-7-8-13(15)12(9-10)14(16)11-5-3-2-4-6-11/h7-9,11H,2-6H2,1H3. The molecule has 86 valence electrons. The molecule has 0 bridgehead atoms. The number of aryl methyl sites for hydroxylation is 1. The van der Waals surface area contributed by atoms with Crippen molar-refractivity contribution in [1.82, 2.24) is 0 Å². The molecule has 0 aromatic heterocycles. The highest BCUT2D eigenvalue weighted by Crippen LogP contribution is 2.27. The van der Waals surface area contributed by atoms with Gasteiger partial charge in [0.25, 0.3) is 0 Å². The Hall–Kier alpha value is -1.18. The summed E-state index contributed by atoms with van der Waals surface area (Å²) < 4.78 is 13.6. The summed E-state index contributed by atoms with van der Waals surface area (Å²) in [4.78, 5) is 12.1. The Morgan fingerprint density at radius 3 is 2.62 bits per heavy atom. The third-order valence-corrected chi connectivity index (χ3v) is 3.36. The Kier molecular flexibility index (Phi) is 3.37. The van der Waals surface area contributed by atoms with Crippen molar-refractivity contribution in [3.05, 3.63) is 35.1 Å². The van der Waals surface area contributed by atoms with Gasteiger partial charge in [-0.1, -0.05) is 30.9 Å². The predicted molar refractivity (Wildman–Crippen MR) is 62.0 cm³/mol. The minimum absolute atomic E-state index is 0.000833. The van der Waals surface area contributed by atoms with Crippen LogP contribution in [0.25, 0.3) is 0 Å². The summed E-state index contributed by atoms with van der Waals surface area (Å²) >= 11 is 0. The fraction of sp³-hybridized carbons (Fsp3) is 0.500. The van der Waals surface area contributed by atoms with Crippen LogP contribution >= 0.6 is 0 Å². The van der Waals surface area contributed by atoms with E-state index in [1.807, 2.05) is 6.92 Å². The van der Waals surface area contributed by atoms with Crippen molar-refractivity contribution in [2.45, 2.75) is 39.0 Å². The Balaban J connectivity index is 2.22. The van der Waals surface area contributed by atoms with E-state index < -0.39 is 0 Å². The van der Waals surface area contributed by atoms with E-state index >= 15 is 0 Å². The number of benzene rings is 1. The summed E-state index contributed by atoms with van der Waals surface area (Å²) in [5.41, 5.74) is 1.23. The van der Waals surface area contributed by atoms with Gasteiger partial charge in [0.05, 0.1) is 5.56 Å². The van der Waals surface area contributed by atoms with E-state index in [4.69, 9.17) is 0 Å². The number of ketones is 1. The van der Waals surface area contributed by atoms with E-state index in [2.05, 4.69) is 0 Å². The molecule has 0 unspecified atom stereocenters. The quantitative estimate of drug-likeness (QED) is 0.691. The highest BCUT2D eigenvalue weighted by atomic mass is 19.1. The number of Topliss-reactive ketones (excluding diaryl/α,β-unsaturated/α-hetero) is 1. The summed E-state index contributed by atoms with van der Waals surface area (Å²) in [7, 11) is 0. The molecule has 1 aromatic rings. The highest BCUT2D eigenvalue weighted by molar-refractivity contribution is 5.98. The Morgan fingerprint density at radius 1 is 1.25 bits per heavy atom. The van der Waals surface area contributed by atoms with E-state index in [0.717, 1.165) is 31.2 Å². The second-order valence-corrected chi connectivity index (χ2v) is 4.68. The van der Waals surface area contributed by atoms with Crippen molar-refractivity contribution in [3.63, 3.8) is 0 Å². The first-order valence-corrected chi connectivity index (χ1v) is 5.99. The fourth-order valence-corrected chi connectivity index (χ4v) is 2.41. The summed E-state index contributed by atoms with van der Waals surface area (Å²) in [6.07, 6.45) is 5.26. The predicted octanol–water partition coefficient (Wildman–Crippen LogP) is 3.90. The topological polar surface area (TPSA) is 17.1 Å². The Bertz CT molecular complexity index is 392. The number of rotatable bonds is 2. The molecule has 0 aliphatic heterocycles. The molecule has 0 radical (unpaired) electrons. The van der Waals surface area contributed by atoms with Gasteiger partial charge in [-0.05, 0) is 31.9 Å². The van der Waals surface area contributed by atoms with Crippen LogP contribution in [-0.4, -0.2) is 5.78 Å². The minimum atomic E-state index is -0.374. The minimum Gasteiger partial charge on any atom is -0.294 e. The molecule has 2 rings (SSSR count). The SMILES string of the molecule is Cc1ccc(F)c(C(=O)C2CCCCC2)c1. The molecular weight excluding hydrogens is 203 g/mol. The fourth-order valence-electron chi connectivity index (χ4n) is 2.41. The Labute approximate surface area is 95.7 Å². The molecule has 1 saturated carbocycles. The monoisotopic (exact) mass is 220 g/mol. The second kappa shape index (κ2) is 4.77. The lowest BCUT2D eigenvalue weighted by atomic mass is 9.83. The zero-order valence-corrected chi connectivity index (χ0v) is 9.63. The van der Waals surface area contributed by atoms with E-state index in [0.29, 0.717) is 0 Å². The van der Waals surface area contributed by atoms with Crippen LogP contribution in [-0.2, 0) is 0 Å². The maximum absolute atomic E-state index is 13.6. The molecule has 0 atom stereocenters. The molecule has 0 heterocycles. The summed E-state index contributed by atoms with van der Waals surface area (Å²) in [5.74, 6) is -0.327. The van der Waals surface area contributed by atoms with Gasteiger partial charge >= 0.3 is 0 Å². The van der Waals surface area contributed by atoms with E-state index in [9.17, 15) is 9.18 Å². The van der Waals surface area contributed by atoms with Gasteiger partial charge in [-0.3, -0.25) is 4.79 Å². The van der Waals surface area contributed by atoms with Crippen LogP contribution < -0.4 is 0 Å². The third-order valence-electron chi connectivity index (χ3n) is 3.36. The Morgan fingerprint density at radius 2 is 1.94 bits per heavy atom. The van der Waals surface area contributed by atoms with Crippen molar-refractivity contribution in [2.24, 2.45) is 5.92 Å². The van der Waals surface area contributed by atoms with Crippen molar-refractivity contribution in [1.29, 1.82) is 0 Å². The van der Waals surface area contributed by atoms with Gasteiger partial charge in [-0.2, -0.15) is 0 Å². The van der Waals surface area contributed by atoms with Gasteiger partial charge in [-0.25, -0.2) is 4.39 Å². The van der Waals surface area contributed by atoms with E-state index in [-0.39, 0.29) is 23.1 Å². The molecule has 1 aliphatic rings. The number of hydrogen-bond acceptors (Lipinski definition) is 1. The lowest BCUT2D eigenvalue weighted by Crippen LogP contribution is -2.19. The number of carbonyl (C=O) groups is 1. The van der Waals surface area contributed by atoms with Crippen LogP contribution in [0.2, 0.25) is 0 Å². The first kappa shape index (κ1) is 11.3. The van der Waals surface area contributed by atoms with E-state index in [1.54, 1.807) is 12.1 Å². The maximum atomic E-state index is 13.6. The molecule has 2 heteroatoms. The van der Waals surface area contributed by atoms with Crippen LogP contribution in [0.1, 0.15) is 48.0 Å². The lowest BCUT2D eigenvalue weighted by Gasteiger charge is -2.20. The molecule has 1 nitrogen and oxygen atoms in total. The molecule has 16 heavy (non-hydrogen) atoms. The summed E-state index contributed by atoms with van der Waals surface area (Å²) in [6.45, 7) is 1.89. The molecule has 0 spiro atoms. The first-order chi connectivity index (χ1) is 7.68. The van der Waals surface area contributed by atoms with Crippen LogP contribution in [0, 0.1) is 18.7 Å². The zero-order valence-electron chi connectivity index (χ0n) is 9.63. The van der Waals surface area contributed by atoms with Gasteiger partial charge < -0.3 is 0 Å². The lowest BCUT2D eigenvalue weighted by molar-refractivity contribution is 0.0885. The van der Waals surface area contributed by atoms with Crippen LogP contribution in [0.3, 0.4) is 0 Å². The molecule has 1 fully saturated rings. The highest BCUT2D eigenvalue weighted by Gasteiger charge is 2.24. The normalized spacial score (nSPS) is 17.4. The maximum Gasteiger partial charge on any atom is 0.168 e. The second-order valence-electron chi connectivity index (χ2n) is 4.68. The molecule has 0 saturated heterocycles. The van der Waals surface area contributed by atoms with Gasteiger partial charge in [0.15, 0.2) is 5.78 Å². The van der Waals surface area contributed by atoms with Crippen LogP contribution in [0.5, 0.6) is 0 Å².